The molecule has 9 aromatic rings. The number of rotatable bonds is 9. The van der Waals surface area contributed by atoms with Crippen LogP contribution in [-0.4, -0.2) is 16.2 Å². The average molecular weight is 905 g/mol. The molecule has 1 aliphatic heterocycles. The Labute approximate surface area is 411 Å². The molecule has 10 rings (SSSR count). The van der Waals surface area contributed by atoms with Crippen LogP contribution in [0.15, 0.2) is 182 Å². The first-order chi connectivity index (χ1) is 32.7. The van der Waals surface area contributed by atoms with Crippen LogP contribution in [0.5, 0.6) is 0 Å². The minimum atomic E-state index is -0.335. The third-order valence-corrected chi connectivity index (χ3v) is 15.5. The molecule has 4 nitrogen and oxygen atoms in total. The van der Waals surface area contributed by atoms with Crippen molar-refractivity contribution in [2.75, 3.05) is 16.5 Å². The molecular formula is C65H68N4. The number of fused-ring (bicyclic) bond motifs is 4. The smallest absolute Gasteiger partial charge is 0.137 e. The Morgan fingerprint density at radius 1 is 0.348 bits per heavy atom. The van der Waals surface area contributed by atoms with E-state index in [2.05, 4.69) is 273 Å². The highest BCUT2D eigenvalue weighted by Gasteiger charge is 2.33. The normalized spacial score (nSPS) is 13.7. The lowest BCUT2D eigenvalue weighted by Crippen LogP contribution is -2.26. The zero-order valence-corrected chi connectivity index (χ0v) is 42.8. The largest absolute Gasteiger partial charge is 0.321 e. The first-order valence-corrected chi connectivity index (χ1v) is 24.8. The quantitative estimate of drug-likeness (QED) is 0.144. The number of para-hydroxylation sites is 2. The third-order valence-electron chi connectivity index (χ3n) is 15.5. The van der Waals surface area contributed by atoms with Gasteiger partial charge in [-0.2, -0.15) is 0 Å². The van der Waals surface area contributed by atoms with Crippen molar-refractivity contribution in [1.29, 1.82) is 0 Å². The van der Waals surface area contributed by atoms with Gasteiger partial charge >= 0.3 is 0 Å². The van der Waals surface area contributed by atoms with Gasteiger partial charge in [0.1, 0.15) is 12.5 Å². The molecule has 2 aromatic heterocycles. The summed E-state index contributed by atoms with van der Waals surface area (Å²) in [5, 5.41) is 2.45. The van der Waals surface area contributed by atoms with Gasteiger partial charge in [-0.3, -0.25) is 4.57 Å². The maximum atomic E-state index is 5.15. The maximum absolute atomic E-state index is 5.15. The minimum absolute atomic E-state index is 0.0221. The Hall–Kier alpha value is -6.91. The van der Waals surface area contributed by atoms with Crippen molar-refractivity contribution in [3.63, 3.8) is 0 Å². The summed E-state index contributed by atoms with van der Waals surface area (Å²) in [6, 6.07) is 65.7. The van der Waals surface area contributed by atoms with Gasteiger partial charge in [0.25, 0.3) is 0 Å². The van der Waals surface area contributed by atoms with Gasteiger partial charge in [-0.1, -0.05) is 192 Å². The van der Waals surface area contributed by atoms with E-state index in [0.29, 0.717) is 0 Å². The van der Waals surface area contributed by atoms with Gasteiger partial charge < -0.3 is 9.80 Å². The van der Waals surface area contributed by atoms with Crippen molar-refractivity contribution in [2.45, 2.75) is 110 Å². The van der Waals surface area contributed by atoms with E-state index in [4.69, 9.17) is 4.98 Å². The summed E-state index contributed by atoms with van der Waals surface area (Å²) < 4.78 is 2.40. The minimum Gasteiger partial charge on any atom is -0.321 e. The Morgan fingerprint density at radius 3 is 1.42 bits per heavy atom. The molecule has 4 heteroatoms. The maximum Gasteiger partial charge on any atom is 0.137 e. The molecule has 0 N–H and O–H groups in total. The number of nitrogens with zero attached hydrogens (tertiary/aromatic N) is 4. The van der Waals surface area contributed by atoms with E-state index in [1.165, 1.54) is 78.0 Å². The van der Waals surface area contributed by atoms with Crippen LogP contribution >= 0.6 is 0 Å². The monoisotopic (exact) mass is 905 g/mol. The molecule has 0 amide bonds. The van der Waals surface area contributed by atoms with Gasteiger partial charge in [0.2, 0.25) is 0 Å². The zero-order valence-electron chi connectivity index (χ0n) is 42.8. The Kier molecular flexibility index (Phi) is 11.1. The molecule has 69 heavy (non-hydrogen) atoms. The molecule has 0 spiro atoms. The summed E-state index contributed by atoms with van der Waals surface area (Å²) in [7, 11) is 0. The van der Waals surface area contributed by atoms with E-state index in [9.17, 15) is 0 Å². The average Bonchev–Trinajstić information content (AvgIpc) is 3.90. The fraction of sp³-hybridized carbons (Fsp3) is 0.277. The highest BCUT2D eigenvalue weighted by Crippen LogP contribution is 2.47. The SMILES string of the molecule is CC(C)(C)c1cc(N2CN(c3cccc(C(C)(C)c4ccc5c6cc(C(C)(C)c7ccccc7)ccc6n(-c6cc(C(C)(C)c7ccccc7)ccn6)c5c4)c3)c3ccccc32)cc(C(C)(C)C)c1. The summed E-state index contributed by atoms with van der Waals surface area (Å²) in [6.07, 6.45) is 1.99. The van der Waals surface area contributed by atoms with E-state index >= 15 is 0 Å². The van der Waals surface area contributed by atoms with Gasteiger partial charge in [0.05, 0.1) is 22.4 Å². The lowest BCUT2D eigenvalue weighted by atomic mass is 9.77. The molecular weight excluding hydrogens is 837 g/mol. The Bertz CT molecular complexity index is 3320. The van der Waals surface area contributed by atoms with Crippen molar-refractivity contribution in [1.82, 2.24) is 9.55 Å². The molecule has 0 aliphatic carbocycles. The standard InChI is InChI=1S/C65H68N4/c1-61(2,3)50-36-51(62(4,5)6)39-53(38-50)68-43-67(57-28-19-20-29-58(57)68)52-27-21-26-46(37-52)65(11,12)48-30-32-54-55-40-47(63(7,8)44-22-15-13-16-23-44)31-33-56(55)69(59(54)41-48)60-42-49(34-35-66-60)64(9,10)45-24-17-14-18-25-45/h13-42H,43H2,1-12H3. The number of pyridine rings is 1. The molecule has 0 saturated carbocycles. The number of hydrogen-bond acceptors (Lipinski definition) is 3. The molecule has 0 saturated heterocycles. The van der Waals surface area contributed by atoms with Crippen molar-refractivity contribution >= 4 is 44.6 Å². The summed E-state index contributed by atoms with van der Waals surface area (Å²) in [5.74, 6) is 0.920. The van der Waals surface area contributed by atoms with Crippen LogP contribution in [0, 0.1) is 0 Å². The second-order valence-electron chi connectivity index (χ2n) is 23.1. The highest BCUT2D eigenvalue weighted by atomic mass is 15.4. The van der Waals surface area contributed by atoms with Crippen LogP contribution in [0.1, 0.15) is 128 Å². The predicted molar refractivity (Wildman–Crippen MR) is 294 cm³/mol. The number of hydrogen-bond donors (Lipinski definition) is 0. The second kappa shape index (κ2) is 16.7. The number of benzene rings is 7. The number of aromatic nitrogens is 2. The van der Waals surface area contributed by atoms with E-state index in [-0.39, 0.29) is 27.1 Å². The summed E-state index contributed by atoms with van der Waals surface area (Å²) in [4.78, 5) is 10.1. The van der Waals surface area contributed by atoms with Crippen molar-refractivity contribution < 1.29 is 0 Å². The van der Waals surface area contributed by atoms with Gasteiger partial charge in [-0.15, -0.1) is 0 Å². The number of anilines is 4. The fourth-order valence-electron chi connectivity index (χ4n) is 10.5. The van der Waals surface area contributed by atoms with Gasteiger partial charge in [-0.05, 0) is 122 Å². The van der Waals surface area contributed by atoms with Crippen molar-refractivity contribution in [3.8, 4) is 5.82 Å². The molecule has 0 unspecified atom stereocenters. The van der Waals surface area contributed by atoms with Crippen molar-refractivity contribution in [2.24, 2.45) is 0 Å². The molecule has 0 bridgehead atoms. The fourth-order valence-corrected chi connectivity index (χ4v) is 10.5. The van der Waals surface area contributed by atoms with Gasteiger partial charge in [0.15, 0.2) is 0 Å². The Balaban J connectivity index is 1.08. The topological polar surface area (TPSA) is 24.3 Å². The second-order valence-corrected chi connectivity index (χ2v) is 23.1. The van der Waals surface area contributed by atoms with Crippen LogP contribution < -0.4 is 9.80 Å². The molecule has 0 radical (unpaired) electrons. The van der Waals surface area contributed by atoms with Crippen LogP contribution in [0.2, 0.25) is 0 Å². The first-order valence-electron chi connectivity index (χ1n) is 24.8. The van der Waals surface area contributed by atoms with Crippen LogP contribution in [0.3, 0.4) is 0 Å². The zero-order chi connectivity index (χ0) is 48.7. The van der Waals surface area contributed by atoms with Crippen LogP contribution in [0.4, 0.5) is 22.7 Å². The lowest BCUT2D eigenvalue weighted by molar-refractivity contribution is 0.568. The van der Waals surface area contributed by atoms with E-state index in [1.54, 1.807) is 0 Å². The van der Waals surface area contributed by atoms with E-state index in [1.807, 2.05) is 6.20 Å². The summed E-state index contributed by atoms with van der Waals surface area (Å²) >= 11 is 0. The molecule has 7 aromatic carbocycles. The van der Waals surface area contributed by atoms with Crippen molar-refractivity contribution in [3.05, 3.63) is 227 Å². The van der Waals surface area contributed by atoms with E-state index in [0.717, 1.165) is 23.5 Å². The molecule has 1 aliphatic rings. The van der Waals surface area contributed by atoms with Crippen LogP contribution in [-0.2, 0) is 27.1 Å². The Morgan fingerprint density at radius 2 is 0.826 bits per heavy atom. The lowest BCUT2D eigenvalue weighted by Gasteiger charge is -2.30. The van der Waals surface area contributed by atoms with Gasteiger partial charge in [-0.25, -0.2) is 4.98 Å². The predicted octanol–water partition coefficient (Wildman–Crippen LogP) is 17.0. The highest BCUT2D eigenvalue weighted by molar-refractivity contribution is 6.09. The molecule has 348 valence electrons. The van der Waals surface area contributed by atoms with E-state index < -0.39 is 0 Å². The molecule has 0 atom stereocenters. The summed E-state index contributed by atoms with van der Waals surface area (Å²) in [5.41, 5.74) is 16.8. The third kappa shape index (κ3) is 8.12. The van der Waals surface area contributed by atoms with Crippen LogP contribution in [0.25, 0.3) is 27.6 Å². The first kappa shape index (κ1) is 45.9. The summed E-state index contributed by atoms with van der Waals surface area (Å²) in [6.45, 7) is 28.7. The molecule has 3 heterocycles. The molecule has 0 fully saturated rings. The van der Waals surface area contributed by atoms with Gasteiger partial charge in [0, 0.05) is 44.6 Å².